The van der Waals surface area contributed by atoms with Gasteiger partial charge in [0.2, 0.25) is 0 Å². The lowest BCUT2D eigenvalue weighted by Crippen LogP contribution is -2.43. The highest BCUT2D eigenvalue weighted by molar-refractivity contribution is 5.52. The van der Waals surface area contributed by atoms with Crippen LogP contribution < -0.4 is 26.0 Å². The van der Waals surface area contributed by atoms with Gasteiger partial charge in [0.05, 0.1) is 33.5 Å². The van der Waals surface area contributed by atoms with Crippen LogP contribution in [0.25, 0.3) is 0 Å². The zero-order valence-corrected chi connectivity index (χ0v) is 18.2. The number of methoxy groups -OCH3 is 2. The second-order valence-corrected chi connectivity index (χ2v) is 7.20. The molecule has 10 heteroatoms. The molecule has 10 nitrogen and oxygen atoms in total. The van der Waals surface area contributed by atoms with Crippen LogP contribution in [0.15, 0.2) is 27.8 Å². The molecule has 0 spiro atoms. The zero-order valence-electron chi connectivity index (χ0n) is 18.2. The standard InChI is InChI=1S/C21H27N5O5/c1-24-19(15(12-22)20(27)25(2)21(24)28)23-13-16(26-7-9-31-10-8-26)14-5-6-17(29-3)18(11-14)30-4/h5-6,11,16,23H,7-10,13H2,1-4H3. The predicted molar refractivity (Wildman–Crippen MR) is 115 cm³/mol. The zero-order chi connectivity index (χ0) is 22.5. The Bertz CT molecular complexity index is 1100. The molecule has 1 unspecified atom stereocenters. The van der Waals surface area contributed by atoms with Crippen LogP contribution in [0.1, 0.15) is 17.2 Å². The molecule has 1 aliphatic rings. The van der Waals surface area contributed by atoms with Crippen molar-refractivity contribution >= 4 is 5.82 Å². The van der Waals surface area contributed by atoms with Crippen LogP contribution in [0.3, 0.4) is 0 Å². The topological polar surface area (TPSA) is 111 Å². The van der Waals surface area contributed by atoms with E-state index in [2.05, 4.69) is 10.2 Å². The molecule has 0 amide bonds. The molecule has 166 valence electrons. The number of ether oxygens (including phenoxy) is 3. The third-order valence-electron chi connectivity index (χ3n) is 5.52. The molecular formula is C21H27N5O5. The first-order valence-corrected chi connectivity index (χ1v) is 9.90. The van der Waals surface area contributed by atoms with E-state index in [1.165, 1.54) is 18.7 Å². The number of aromatic nitrogens is 2. The van der Waals surface area contributed by atoms with E-state index in [4.69, 9.17) is 14.2 Å². The van der Waals surface area contributed by atoms with E-state index >= 15 is 0 Å². The minimum atomic E-state index is -0.623. The number of hydrogen-bond donors (Lipinski definition) is 1. The molecule has 2 heterocycles. The Morgan fingerprint density at radius 2 is 1.81 bits per heavy atom. The van der Waals surface area contributed by atoms with Crippen LogP contribution in [-0.2, 0) is 18.8 Å². The van der Waals surface area contributed by atoms with Crippen LogP contribution in [-0.4, -0.2) is 61.1 Å². The first-order valence-electron chi connectivity index (χ1n) is 9.90. The summed E-state index contributed by atoms with van der Waals surface area (Å²) in [6, 6.07) is 7.52. The van der Waals surface area contributed by atoms with Gasteiger partial charge in [0, 0.05) is 33.7 Å². The minimum Gasteiger partial charge on any atom is -0.493 e. The summed E-state index contributed by atoms with van der Waals surface area (Å²) in [7, 11) is 6.05. The number of nitrogens with one attached hydrogen (secondary N) is 1. The second-order valence-electron chi connectivity index (χ2n) is 7.20. The van der Waals surface area contributed by atoms with Gasteiger partial charge in [0.15, 0.2) is 17.1 Å². The molecule has 0 saturated carbocycles. The van der Waals surface area contributed by atoms with Gasteiger partial charge in [-0.05, 0) is 17.7 Å². The van der Waals surface area contributed by atoms with Gasteiger partial charge in [-0.15, -0.1) is 0 Å². The van der Waals surface area contributed by atoms with Crippen LogP contribution in [0, 0.1) is 11.3 Å². The molecule has 1 N–H and O–H groups in total. The van der Waals surface area contributed by atoms with Crippen LogP contribution in [0.4, 0.5) is 5.82 Å². The van der Waals surface area contributed by atoms with Crippen molar-refractivity contribution in [3.05, 3.63) is 50.2 Å². The van der Waals surface area contributed by atoms with Gasteiger partial charge in [-0.25, -0.2) is 4.79 Å². The lowest BCUT2D eigenvalue weighted by molar-refractivity contribution is 0.0186. The van der Waals surface area contributed by atoms with Crippen molar-refractivity contribution in [1.82, 2.24) is 14.0 Å². The van der Waals surface area contributed by atoms with Crippen molar-refractivity contribution in [3.63, 3.8) is 0 Å². The molecule has 31 heavy (non-hydrogen) atoms. The second kappa shape index (κ2) is 9.68. The fraction of sp³-hybridized carbons (Fsp3) is 0.476. The monoisotopic (exact) mass is 429 g/mol. The maximum atomic E-state index is 12.4. The van der Waals surface area contributed by atoms with Gasteiger partial charge < -0.3 is 19.5 Å². The van der Waals surface area contributed by atoms with E-state index in [0.29, 0.717) is 31.3 Å². The fourth-order valence-electron chi connectivity index (χ4n) is 3.75. The average Bonchev–Trinajstić information content (AvgIpc) is 2.81. The SMILES string of the molecule is COc1ccc(C(CNc2c(C#N)c(=O)n(C)c(=O)n2C)N2CCOCC2)cc1OC. The van der Waals surface area contributed by atoms with Gasteiger partial charge in [-0.3, -0.25) is 18.8 Å². The number of anilines is 1. The predicted octanol–water partition coefficient (Wildman–Crippen LogP) is 0.458. The molecule has 0 bridgehead atoms. The summed E-state index contributed by atoms with van der Waals surface area (Å²) < 4.78 is 18.5. The Kier molecular flexibility index (Phi) is 6.99. The van der Waals surface area contributed by atoms with E-state index in [0.717, 1.165) is 23.2 Å². The average molecular weight is 429 g/mol. The number of benzene rings is 1. The van der Waals surface area contributed by atoms with Crippen molar-refractivity contribution in [1.29, 1.82) is 5.26 Å². The molecular weight excluding hydrogens is 402 g/mol. The van der Waals surface area contributed by atoms with Crippen molar-refractivity contribution < 1.29 is 14.2 Å². The maximum absolute atomic E-state index is 12.4. The van der Waals surface area contributed by atoms with Crippen LogP contribution in [0.2, 0.25) is 0 Å². The van der Waals surface area contributed by atoms with Crippen molar-refractivity contribution in [2.24, 2.45) is 14.1 Å². The Labute approximate surface area is 180 Å². The highest BCUT2D eigenvalue weighted by atomic mass is 16.5. The van der Waals surface area contributed by atoms with E-state index < -0.39 is 11.2 Å². The quantitative estimate of drug-likeness (QED) is 0.676. The number of hydrogen-bond acceptors (Lipinski definition) is 8. The molecule has 1 atom stereocenters. The number of rotatable bonds is 7. The lowest BCUT2D eigenvalue weighted by atomic mass is 10.0. The molecule has 1 aromatic heterocycles. The summed E-state index contributed by atoms with van der Waals surface area (Å²) in [5, 5.41) is 12.7. The van der Waals surface area contributed by atoms with E-state index in [-0.39, 0.29) is 17.4 Å². The molecule has 2 aromatic rings. The van der Waals surface area contributed by atoms with Gasteiger partial charge >= 0.3 is 5.69 Å². The summed E-state index contributed by atoms with van der Waals surface area (Å²) >= 11 is 0. The molecule has 1 fully saturated rings. The first-order chi connectivity index (χ1) is 14.9. The van der Waals surface area contributed by atoms with Crippen molar-refractivity contribution in [3.8, 4) is 17.6 Å². The van der Waals surface area contributed by atoms with Crippen LogP contribution >= 0.6 is 0 Å². The van der Waals surface area contributed by atoms with Gasteiger partial charge in [0.25, 0.3) is 5.56 Å². The van der Waals surface area contributed by atoms with E-state index in [1.54, 1.807) is 14.2 Å². The molecule has 1 aromatic carbocycles. The van der Waals surface area contributed by atoms with Crippen molar-refractivity contribution in [2.75, 3.05) is 52.4 Å². The smallest absolute Gasteiger partial charge is 0.332 e. The van der Waals surface area contributed by atoms with Crippen LogP contribution in [0.5, 0.6) is 11.5 Å². The van der Waals surface area contributed by atoms with E-state index in [9.17, 15) is 14.9 Å². The molecule has 1 saturated heterocycles. The third kappa shape index (κ3) is 4.42. The summed E-state index contributed by atoms with van der Waals surface area (Å²) in [5.41, 5.74) is -0.250. The minimum absolute atomic E-state index is 0.0994. The summed E-state index contributed by atoms with van der Waals surface area (Å²) in [4.78, 5) is 27.0. The van der Waals surface area contributed by atoms with Gasteiger partial charge in [0.1, 0.15) is 11.9 Å². The van der Waals surface area contributed by atoms with E-state index in [1.807, 2.05) is 24.3 Å². The largest absolute Gasteiger partial charge is 0.493 e. The van der Waals surface area contributed by atoms with Crippen molar-refractivity contribution in [2.45, 2.75) is 6.04 Å². The van der Waals surface area contributed by atoms with Gasteiger partial charge in [-0.1, -0.05) is 6.07 Å². The Balaban J connectivity index is 1.99. The number of morpholine rings is 1. The summed E-state index contributed by atoms with van der Waals surface area (Å²) in [5.74, 6) is 1.44. The highest BCUT2D eigenvalue weighted by Crippen LogP contribution is 2.32. The lowest BCUT2D eigenvalue weighted by Gasteiger charge is -2.35. The Hall–Kier alpha value is -3.29. The molecule has 0 radical (unpaired) electrons. The third-order valence-corrected chi connectivity index (χ3v) is 5.52. The fourth-order valence-corrected chi connectivity index (χ4v) is 3.75. The van der Waals surface area contributed by atoms with Gasteiger partial charge in [-0.2, -0.15) is 5.26 Å². The normalized spacial score (nSPS) is 15.2. The first kappa shape index (κ1) is 22.4. The Morgan fingerprint density at radius 1 is 1.13 bits per heavy atom. The summed E-state index contributed by atoms with van der Waals surface area (Å²) in [6.45, 7) is 3.03. The maximum Gasteiger partial charge on any atom is 0.332 e. The Morgan fingerprint density at radius 3 is 2.42 bits per heavy atom. The summed E-state index contributed by atoms with van der Waals surface area (Å²) in [6.07, 6.45) is 0. The molecule has 3 rings (SSSR count). The molecule has 1 aliphatic heterocycles. The molecule has 0 aliphatic carbocycles. The number of nitriles is 1. The highest BCUT2D eigenvalue weighted by Gasteiger charge is 2.25. The number of nitrogens with zero attached hydrogens (tertiary/aromatic N) is 4.